The van der Waals surface area contributed by atoms with Crippen LogP contribution in [0.5, 0.6) is 0 Å². The Balaban J connectivity index is 1.97. The van der Waals surface area contributed by atoms with Crippen molar-refractivity contribution in [2.24, 2.45) is 0 Å². The van der Waals surface area contributed by atoms with E-state index in [4.69, 9.17) is 0 Å². The second kappa shape index (κ2) is 5.60. The fraction of sp³-hybridized carbons (Fsp3) is 0.500. The van der Waals surface area contributed by atoms with Crippen LogP contribution in [0.1, 0.15) is 37.2 Å². The van der Waals surface area contributed by atoms with Gasteiger partial charge in [0.1, 0.15) is 0 Å². The van der Waals surface area contributed by atoms with Gasteiger partial charge in [-0.15, -0.1) is 0 Å². The molecule has 1 fully saturated rings. The Morgan fingerprint density at radius 2 is 1.59 bits per heavy atom. The van der Waals surface area contributed by atoms with E-state index in [2.05, 4.69) is 49.2 Å². The Morgan fingerprint density at radius 1 is 1.00 bits per heavy atom. The van der Waals surface area contributed by atoms with E-state index in [1.807, 2.05) is 0 Å². The summed E-state index contributed by atoms with van der Waals surface area (Å²) in [4.78, 5) is 7.51. The van der Waals surface area contributed by atoms with Gasteiger partial charge in [0.2, 0.25) is 0 Å². The van der Waals surface area contributed by atoms with Gasteiger partial charge in [0.05, 0.1) is 0 Å². The minimum atomic E-state index is -1.70. The third-order valence-corrected chi connectivity index (χ3v) is 7.17. The van der Waals surface area contributed by atoms with E-state index in [0.717, 1.165) is 5.92 Å². The number of hydrogen-bond donors (Lipinski definition) is 0. The molecule has 0 bridgehead atoms. The van der Waals surface area contributed by atoms with Gasteiger partial charge in [-0.25, -0.2) is 0 Å². The number of allylic oxidation sites excluding steroid dienone is 1. The van der Waals surface area contributed by atoms with Crippen molar-refractivity contribution in [3.8, 4) is 0 Å². The fourth-order valence-corrected chi connectivity index (χ4v) is 7.12. The molecule has 2 rings (SSSR count). The number of rotatable bonds is 2. The summed E-state index contributed by atoms with van der Waals surface area (Å²) < 4.78 is 2.69. The molecule has 92 valence electrons. The Morgan fingerprint density at radius 3 is 2.12 bits per heavy atom. The Hall–Kier alpha value is -0.241. The van der Waals surface area contributed by atoms with Crippen molar-refractivity contribution in [3.05, 3.63) is 45.6 Å². The summed E-state index contributed by atoms with van der Waals surface area (Å²) >= 11 is -1.70. The molecule has 0 aliphatic heterocycles. The number of hydrogen-bond acceptors (Lipinski definition) is 0. The van der Waals surface area contributed by atoms with E-state index >= 15 is 0 Å². The van der Waals surface area contributed by atoms with Gasteiger partial charge in [-0.2, -0.15) is 0 Å². The molecule has 1 saturated carbocycles. The molecule has 1 aliphatic carbocycles. The normalized spacial score (nSPS) is 21.4. The molecule has 0 radical (unpaired) electrons. The van der Waals surface area contributed by atoms with Crippen molar-refractivity contribution in [2.45, 2.75) is 46.4 Å². The molecule has 1 aromatic rings. The predicted molar refractivity (Wildman–Crippen MR) is 79.1 cm³/mol. The summed E-state index contributed by atoms with van der Waals surface area (Å²) in [6, 6.07) is 11.1. The predicted octanol–water partition coefficient (Wildman–Crippen LogP) is 5.15. The van der Waals surface area contributed by atoms with Crippen molar-refractivity contribution in [1.82, 2.24) is 0 Å². The van der Waals surface area contributed by atoms with E-state index in [-0.39, 0.29) is 0 Å². The van der Waals surface area contributed by atoms with Crippen molar-refractivity contribution in [2.75, 3.05) is 0 Å². The SMILES string of the molecule is [CH3][Sn]([CH3])([CH3])[CH]=C1CCC(c2ccccc2)CC1. The first kappa shape index (κ1) is 13.2. The van der Waals surface area contributed by atoms with Crippen molar-refractivity contribution >= 4 is 18.4 Å². The van der Waals surface area contributed by atoms with Crippen LogP contribution in [0, 0.1) is 0 Å². The van der Waals surface area contributed by atoms with Crippen LogP contribution in [0.15, 0.2) is 40.0 Å². The van der Waals surface area contributed by atoms with Crippen LogP contribution in [0.2, 0.25) is 14.8 Å². The maximum absolute atomic E-state index is 2.69. The molecule has 0 spiro atoms. The van der Waals surface area contributed by atoms with Crippen LogP contribution in [-0.4, -0.2) is 18.4 Å². The molecule has 1 heteroatoms. The first-order valence-electron chi connectivity index (χ1n) is 6.80. The second-order valence-corrected chi connectivity index (χ2v) is 20.7. The molecular weight excluding hydrogens is 311 g/mol. The average Bonchev–Trinajstić information content (AvgIpc) is 2.29. The quantitative estimate of drug-likeness (QED) is 0.656. The van der Waals surface area contributed by atoms with Crippen molar-refractivity contribution < 1.29 is 0 Å². The second-order valence-electron chi connectivity index (χ2n) is 6.35. The van der Waals surface area contributed by atoms with Crippen LogP contribution in [0.4, 0.5) is 0 Å². The molecule has 0 N–H and O–H groups in total. The van der Waals surface area contributed by atoms with Crippen molar-refractivity contribution in [1.29, 1.82) is 0 Å². The first-order valence-corrected chi connectivity index (χ1v) is 17.0. The van der Waals surface area contributed by atoms with Gasteiger partial charge in [-0.3, -0.25) is 0 Å². The topological polar surface area (TPSA) is 0 Å². The van der Waals surface area contributed by atoms with Crippen LogP contribution < -0.4 is 0 Å². The monoisotopic (exact) mass is 336 g/mol. The molecule has 1 aliphatic rings. The van der Waals surface area contributed by atoms with E-state index in [1.165, 1.54) is 25.7 Å². The third kappa shape index (κ3) is 4.17. The molecule has 0 atom stereocenters. The zero-order valence-corrected chi connectivity index (χ0v) is 14.2. The molecule has 0 heterocycles. The molecule has 0 amide bonds. The van der Waals surface area contributed by atoms with Crippen LogP contribution in [0.3, 0.4) is 0 Å². The van der Waals surface area contributed by atoms with Crippen LogP contribution >= 0.6 is 0 Å². The maximum atomic E-state index is 2.69. The Labute approximate surface area is 110 Å². The molecule has 0 nitrogen and oxygen atoms in total. The number of benzene rings is 1. The Bertz CT molecular complexity index is 374. The van der Waals surface area contributed by atoms with Gasteiger partial charge in [-0.1, -0.05) is 0 Å². The van der Waals surface area contributed by atoms with Crippen LogP contribution in [-0.2, 0) is 0 Å². The summed E-state index contributed by atoms with van der Waals surface area (Å²) in [7, 11) is 0. The van der Waals surface area contributed by atoms with Gasteiger partial charge in [0.25, 0.3) is 0 Å². The van der Waals surface area contributed by atoms with E-state index < -0.39 is 18.4 Å². The van der Waals surface area contributed by atoms with Gasteiger partial charge in [-0.05, 0) is 0 Å². The van der Waals surface area contributed by atoms with Gasteiger partial charge in [0, 0.05) is 0 Å². The van der Waals surface area contributed by atoms with Gasteiger partial charge < -0.3 is 0 Å². The first-order chi connectivity index (χ1) is 8.04. The molecule has 0 saturated heterocycles. The van der Waals surface area contributed by atoms with Crippen LogP contribution in [0.25, 0.3) is 0 Å². The molecule has 0 unspecified atom stereocenters. The molecular formula is C16H24Sn. The Kier molecular flexibility index (Phi) is 4.35. The summed E-state index contributed by atoms with van der Waals surface area (Å²) in [6.45, 7) is 0. The van der Waals surface area contributed by atoms with Crippen molar-refractivity contribution in [3.63, 3.8) is 0 Å². The summed E-state index contributed by atoms with van der Waals surface area (Å²) in [5.74, 6) is 0.809. The molecule has 0 aromatic heterocycles. The van der Waals surface area contributed by atoms with Gasteiger partial charge in [0.15, 0.2) is 0 Å². The fourth-order valence-electron chi connectivity index (χ4n) is 2.80. The van der Waals surface area contributed by atoms with E-state index in [1.54, 1.807) is 11.1 Å². The zero-order valence-electron chi connectivity index (χ0n) is 11.4. The average molecular weight is 335 g/mol. The molecule has 17 heavy (non-hydrogen) atoms. The summed E-state index contributed by atoms with van der Waals surface area (Å²) in [5.41, 5.74) is 3.31. The summed E-state index contributed by atoms with van der Waals surface area (Å²) in [5, 5.41) is 0. The minimum absolute atomic E-state index is 0.809. The standard InChI is InChI=1S/C13H15.3CH3.Sn/c1-11-7-9-13(10-8-11)12-5-3-2-4-6-12;;;;/h1-6,13H,7-10H2;3*1H3;. The van der Waals surface area contributed by atoms with Gasteiger partial charge >= 0.3 is 110 Å². The van der Waals surface area contributed by atoms with E-state index in [0.29, 0.717) is 0 Å². The molecule has 1 aromatic carbocycles. The third-order valence-electron chi connectivity index (χ3n) is 3.54. The zero-order chi connectivity index (χ0) is 12.3. The summed E-state index contributed by atoms with van der Waals surface area (Å²) in [6.07, 6.45) is 5.40. The van der Waals surface area contributed by atoms with E-state index in [9.17, 15) is 0 Å².